The van der Waals surface area contributed by atoms with Crippen LogP contribution in [0.15, 0.2) is 12.3 Å². The molecule has 1 aromatic rings. The lowest BCUT2D eigenvalue weighted by molar-refractivity contribution is -0.121. The van der Waals surface area contributed by atoms with Gasteiger partial charge in [0, 0.05) is 12.3 Å². The van der Waals surface area contributed by atoms with Crippen LogP contribution in [-0.2, 0) is 4.79 Å². The molecule has 0 spiro atoms. The molecule has 0 aromatic carbocycles. The molecule has 6 nitrogen and oxygen atoms in total. The van der Waals surface area contributed by atoms with Crippen LogP contribution in [0.1, 0.15) is 27.2 Å². The van der Waals surface area contributed by atoms with E-state index < -0.39 is 11.4 Å². The first kappa shape index (κ1) is 13.2. The number of hydrogen-bond donors (Lipinski definition) is 2. The molecule has 0 atom stereocenters. The van der Waals surface area contributed by atoms with Gasteiger partial charge in [0.1, 0.15) is 5.54 Å². The Labute approximate surface area is 101 Å². The molecule has 1 heterocycles. The molecule has 1 rings (SSSR count). The zero-order valence-electron chi connectivity index (χ0n) is 10.4. The number of primary amides is 1. The Kier molecular flexibility index (Phi) is 4.25. The summed E-state index contributed by atoms with van der Waals surface area (Å²) in [6, 6.07) is 1.66. The van der Waals surface area contributed by atoms with Gasteiger partial charge in [0.25, 0.3) is 0 Å². The summed E-state index contributed by atoms with van der Waals surface area (Å²) >= 11 is 0. The number of nitrogens with zero attached hydrogens (tertiary/aromatic N) is 2. The summed E-state index contributed by atoms with van der Waals surface area (Å²) in [7, 11) is 0. The molecule has 6 heteroatoms. The van der Waals surface area contributed by atoms with Crippen LogP contribution >= 0.6 is 0 Å². The second-order valence-electron chi connectivity index (χ2n) is 4.18. The maximum Gasteiger partial charge on any atom is 0.242 e. The van der Waals surface area contributed by atoms with Crippen LogP contribution in [0.4, 0.5) is 5.95 Å². The molecule has 94 valence electrons. The van der Waals surface area contributed by atoms with E-state index in [1.165, 1.54) is 0 Å². The average Bonchev–Trinajstić information content (AvgIpc) is 2.26. The maximum atomic E-state index is 11.2. The molecule has 0 bridgehead atoms. The van der Waals surface area contributed by atoms with Crippen molar-refractivity contribution < 1.29 is 9.53 Å². The Morgan fingerprint density at radius 1 is 1.59 bits per heavy atom. The number of ether oxygens (including phenoxy) is 1. The summed E-state index contributed by atoms with van der Waals surface area (Å²) in [6.07, 6.45) is 2.47. The molecule has 0 fully saturated rings. The highest BCUT2D eigenvalue weighted by Gasteiger charge is 2.25. The van der Waals surface area contributed by atoms with Crippen molar-refractivity contribution in [2.24, 2.45) is 5.73 Å². The van der Waals surface area contributed by atoms with E-state index in [9.17, 15) is 4.79 Å². The topological polar surface area (TPSA) is 90.1 Å². The van der Waals surface area contributed by atoms with E-state index in [-0.39, 0.29) is 0 Å². The fourth-order valence-corrected chi connectivity index (χ4v) is 1.03. The number of anilines is 1. The van der Waals surface area contributed by atoms with Gasteiger partial charge < -0.3 is 15.8 Å². The van der Waals surface area contributed by atoms with E-state index in [2.05, 4.69) is 15.3 Å². The van der Waals surface area contributed by atoms with E-state index in [1.807, 2.05) is 6.92 Å². The standard InChI is InChI=1S/C11H18N4O2/c1-4-7-17-8-5-6-13-10(14-8)15-11(2,3)9(12)16/h5-6H,4,7H2,1-3H3,(H2,12,16)(H,13,14,15). The summed E-state index contributed by atoms with van der Waals surface area (Å²) in [5.74, 6) is 0.327. The van der Waals surface area contributed by atoms with Gasteiger partial charge in [-0.05, 0) is 20.3 Å². The molecule has 3 N–H and O–H groups in total. The van der Waals surface area contributed by atoms with Crippen molar-refractivity contribution >= 4 is 11.9 Å². The van der Waals surface area contributed by atoms with Crippen molar-refractivity contribution in [2.75, 3.05) is 11.9 Å². The summed E-state index contributed by atoms with van der Waals surface area (Å²) in [4.78, 5) is 19.3. The van der Waals surface area contributed by atoms with Gasteiger partial charge >= 0.3 is 0 Å². The van der Waals surface area contributed by atoms with Gasteiger partial charge in [-0.3, -0.25) is 4.79 Å². The molecule has 0 aliphatic carbocycles. The highest BCUT2D eigenvalue weighted by atomic mass is 16.5. The number of nitrogens with two attached hydrogens (primary N) is 1. The van der Waals surface area contributed by atoms with Crippen LogP contribution in [0.2, 0.25) is 0 Å². The summed E-state index contributed by atoms with van der Waals surface area (Å²) in [5, 5.41) is 2.86. The van der Waals surface area contributed by atoms with E-state index in [0.717, 1.165) is 6.42 Å². The van der Waals surface area contributed by atoms with Crippen LogP contribution < -0.4 is 15.8 Å². The third kappa shape index (κ3) is 3.90. The minimum Gasteiger partial charge on any atom is -0.478 e. The number of amides is 1. The van der Waals surface area contributed by atoms with Crippen LogP contribution in [0.25, 0.3) is 0 Å². The Morgan fingerprint density at radius 2 is 2.29 bits per heavy atom. The number of aromatic nitrogens is 2. The fourth-order valence-electron chi connectivity index (χ4n) is 1.03. The van der Waals surface area contributed by atoms with Crippen molar-refractivity contribution in [3.05, 3.63) is 12.3 Å². The predicted octanol–water partition coefficient (Wildman–Crippen LogP) is 0.941. The molecule has 1 aromatic heterocycles. The molecular formula is C11H18N4O2. The van der Waals surface area contributed by atoms with Gasteiger partial charge in [-0.15, -0.1) is 0 Å². The van der Waals surface area contributed by atoms with Crippen molar-refractivity contribution in [3.8, 4) is 5.88 Å². The minimum absolute atomic E-state index is 0.322. The monoisotopic (exact) mass is 238 g/mol. The summed E-state index contributed by atoms with van der Waals surface area (Å²) in [6.45, 7) is 5.93. The van der Waals surface area contributed by atoms with Crippen molar-refractivity contribution in [2.45, 2.75) is 32.7 Å². The first-order valence-corrected chi connectivity index (χ1v) is 5.49. The summed E-state index contributed by atoms with van der Waals surface area (Å²) < 4.78 is 5.36. The van der Waals surface area contributed by atoms with Crippen LogP contribution in [-0.4, -0.2) is 28.0 Å². The van der Waals surface area contributed by atoms with Crippen molar-refractivity contribution in [3.63, 3.8) is 0 Å². The number of nitrogens with one attached hydrogen (secondary N) is 1. The molecule has 0 radical (unpaired) electrons. The highest BCUT2D eigenvalue weighted by molar-refractivity contribution is 5.86. The lowest BCUT2D eigenvalue weighted by Crippen LogP contribution is -2.45. The fraction of sp³-hybridized carbons (Fsp3) is 0.545. The van der Waals surface area contributed by atoms with Gasteiger partial charge in [-0.2, -0.15) is 4.98 Å². The Hall–Kier alpha value is -1.85. The number of carbonyl (C=O) groups excluding carboxylic acids is 1. The zero-order chi connectivity index (χ0) is 12.9. The Balaban J connectivity index is 2.75. The molecular weight excluding hydrogens is 220 g/mol. The third-order valence-electron chi connectivity index (χ3n) is 2.12. The second-order valence-corrected chi connectivity index (χ2v) is 4.18. The second kappa shape index (κ2) is 5.47. The molecule has 0 saturated heterocycles. The van der Waals surface area contributed by atoms with Crippen molar-refractivity contribution in [1.82, 2.24) is 9.97 Å². The van der Waals surface area contributed by atoms with Gasteiger partial charge in [0.05, 0.1) is 6.61 Å². The first-order valence-electron chi connectivity index (χ1n) is 5.49. The summed E-state index contributed by atoms with van der Waals surface area (Å²) in [5.41, 5.74) is 4.35. The normalized spacial score (nSPS) is 11.0. The number of rotatable bonds is 6. The van der Waals surface area contributed by atoms with E-state index in [4.69, 9.17) is 10.5 Å². The number of carbonyl (C=O) groups is 1. The van der Waals surface area contributed by atoms with Gasteiger partial charge in [0.15, 0.2) is 0 Å². The molecule has 0 aliphatic rings. The van der Waals surface area contributed by atoms with Gasteiger partial charge in [0.2, 0.25) is 17.7 Å². The van der Waals surface area contributed by atoms with Crippen LogP contribution in [0.3, 0.4) is 0 Å². The predicted molar refractivity (Wildman–Crippen MR) is 64.7 cm³/mol. The Morgan fingerprint density at radius 3 is 2.88 bits per heavy atom. The van der Waals surface area contributed by atoms with E-state index in [1.54, 1.807) is 26.1 Å². The molecule has 0 unspecified atom stereocenters. The SMILES string of the molecule is CCCOc1ccnc(NC(C)(C)C(N)=O)n1. The van der Waals surface area contributed by atoms with Crippen LogP contribution in [0, 0.1) is 0 Å². The Bertz CT molecular complexity index is 393. The first-order chi connectivity index (χ1) is 7.95. The zero-order valence-corrected chi connectivity index (χ0v) is 10.4. The van der Waals surface area contributed by atoms with E-state index in [0.29, 0.717) is 18.4 Å². The third-order valence-corrected chi connectivity index (χ3v) is 2.12. The average molecular weight is 238 g/mol. The molecule has 0 aliphatic heterocycles. The largest absolute Gasteiger partial charge is 0.478 e. The highest BCUT2D eigenvalue weighted by Crippen LogP contribution is 2.13. The number of hydrogen-bond acceptors (Lipinski definition) is 5. The van der Waals surface area contributed by atoms with E-state index >= 15 is 0 Å². The van der Waals surface area contributed by atoms with Gasteiger partial charge in [-0.25, -0.2) is 4.98 Å². The molecule has 17 heavy (non-hydrogen) atoms. The lowest BCUT2D eigenvalue weighted by Gasteiger charge is -2.22. The van der Waals surface area contributed by atoms with Gasteiger partial charge in [-0.1, -0.05) is 6.92 Å². The maximum absolute atomic E-state index is 11.2. The molecule has 1 amide bonds. The lowest BCUT2D eigenvalue weighted by atomic mass is 10.1. The van der Waals surface area contributed by atoms with Crippen molar-refractivity contribution in [1.29, 1.82) is 0 Å². The molecule has 0 saturated carbocycles. The smallest absolute Gasteiger partial charge is 0.242 e. The quantitative estimate of drug-likeness (QED) is 0.769. The minimum atomic E-state index is -0.899. The van der Waals surface area contributed by atoms with Crippen LogP contribution in [0.5, 0.6) is 5.88 Å².